The smallest absolute Gasteiger partial charge is 0.316 e. The molecule has 11 nitrogen and oxygen atoms in total. The molecule has 0 aliphatic heterocycles. The molecule has 0 radical (unpaired) electrons. The lowest BCUT2D eigenvalue weighted by Gasteiger charge is -2.19. The first kappa shape index (κ1) is 23.4. The highest BCUT2D eigenvalue weighted by molar-refractivity contribution is 7.87. The molecule has 0 bridgehead atoms. The summed E-state index contributed by atoms with van der Waals surface area (Å²) in [7, 11) is -6.43. The minimum Gasteiger partial charge on any atom is -0.623 e. The first-order valence-electron chi connectivity index (χ1n) is 7.43. The molecule has 0 atom stereocenters. The average molecular weight is 426 g/mol. The van der Waals surface area contributed by atoms with Crippen molar-refractivity contribution in [3.8, 4) is 0 Å². The summed E-state index contributed by atoms with van der Waals surface area (Å²) >= 11 is 0. The van der Waals surface area contributed by atoms with E-state index in [4.69, 9.17) is 0 Å². The molecule has 1 rings (SSSR count). The van der Waals surface area contributed by atoms with Gasteiger partial charge in [0.25, 0.3) is 10.1 Å². The monoisotopic (exact) mass is 426 g/mol. The Bertz CT molecular complexity index is 888. The van der Waals surface area contributed by atoms with Gasteiger partial charge in [0.2, 0.25) is 0 Å². The Morgan fingerprint density at radius 2 is 1.59 bits per heavy atom. The largest absolute Gasteiger partial charge is 0.623 e. The fourth-order valence-electron chi connectivity index (χ4n) is 1.55. The Morgan fingerprint density at radius 1 is 1.07 bits per heavy atom. The molecule has 1 aromatic heterocycles. The minimum atomic E-state index is -4.46. The van der Waals surface area contributed by atoms with Crippen LogP contribution in [0.4, 0.5) is 0 Å². The van der Waals surface area contributed by atoms with Crippen LogP contribution in [0.5, 0.6) is 0 Å². The second-order valence-corrected chi connectivity index (χ2v) is 9.29. The first-order valence-corrected chi connectivity index (χ1v) is 10.2. The van der Waals surface area contributed by atoms with Crippen molar-refractivity contribution in [2.75, 3.05) is 27.8 Å². The zero-order valence-electron chi connectivity index (χ0n) is 15.5. The summed E-state index contributed by atoms with van der Waals surface area (Å²) in [6, 6.07) is 0.734. The van der Waals surface area contributed by atoms with Crippen molar-refractivity contribution in [1.82, 2.24) is 4.98 Å². The van der Waals surface area contributed by atoms with Gasteiger partial charge in [-0.3, -0.25) is 0 Å². The summed E-state index contributed by atoms with van der Waals surface area (Å²) in [6.45, 7) is 3.63. The standard InChI is InChI=1S/C14H22N2O9S2/c1-14(2,3)16(17)8-11-7-15-13(27(20,21)25-10-23-5)6-12(11)26(18,19)24-9-22-4/h6-8H,9-10H2,1-5H3. The molecule has 13 heteroatoms. The van der Waals surface area contributed by atoms with Gasteiger partial charge in [-0.2, -0.15) is 16.8 Å². The molecule has 0 N–H and O–H groups in total. The maximum Gasteiger partial charge on any atom is 0.316 e. The number of methoxy groups -OCH3 is 2. The van der Waals surface area contributed by atoms with E-state index < -0.39 is 49.3 Å². The molecule has 0 saturated heterocycles. The molecule has 1 heterocycles. The third-order valence-electron chi connectivity index (χ3n) is 2.96. The predicted molar refractivity (Wildman–Crippen MR) is 93.1 cm³/mol. The molecule has 0 aliphatic rings. The highest BCUT2D eigenvalue weighted by Gasteiger charge is 2.28. The minimum absolute atomic E-state index is 0.165. The third-order valence-corrected chi connectivity index (χ3v) is 5.40. The van der Waals surface area contributed by atoms with E-state index >= 15 is 0 Å². The summed E-state index contributed by atoms with van der Waals surface area (Å²) in [6.07, 6.45) is 1.89. The number of ether oxygens (including phenoxy) is 2. The van der Waals surface area contributed by atoms with E-state index in [1.165, 1.54) is 14.2 Å². The van der Waals surface area contributed by atoms with E-state index in [9.17, 15) is 22.0 Å². The summed E-state index contributed by atoms with van der Waals surface area (Å²) in [5, 5.41) is 11.5. The summed E-state index contributed by atoms with van der Waals surface area (Å²) in [4.78, 5) is 3.09. The van der Waals surface area contributed by atoms with Crippen LogP contribution in [0.15, 0.2) is 22.2 Å². The van der Waals surface area contributed by atoms with E-state index in [0.29, 0.717) is 4.74 Å². The molecule has 0 saturated carbocycles. The average Bonchev–Trinajstić information content (AvgIpc) is 2.57. The first-order chi connectivity index (χ1) is 12.3. The lowest BCUT2D eigenvalue weighted by Crippen LogP contribution is -2.30. The van der Waals surface area contributed by atoms with E-state index in [1.54, 1.807) is 20.8 Å². The SMILES string of the molecule is COCOS(=O)(=O)c1cc(S(=O)(=O)OCOC)c(C=[N+]([O-])C(C)(C)C)cn1. The van der Waals surface area contributed by atoms with Gasteiger partial charge < -0.3 is 14.7 Å². The van der Waals surface area contributed by atoms with Crippen molar-refractivity contribution >= 4 is 26.5 Å². The van der Waals surface area contributed by atoms with Gasteiger partial charge in [-0.05, 0) is 6.07 Å². The topological polar surface area (TPSA) is 144 Å². The molecule has 0 aromatic carbocycles. The third kappa shape index (κ3) is 6.48. The Kier molecular flexibility index (Phi) is 7.83. The number of hydrogen-bond acceptors (Lipinski definition) is 10. The second-order valence-electron chi connectivity index (χ2n) is 6.14. The van der Waals surface area contributed by atoms with Crippen molar-refractivity contribution in [2.24, 2.45) is 0 Å². The van der Waals surface area contributed by atoms with Gasteiger partial charge in [0, 0.05) is 41.2 Å². The van der Waals surface area contributed by atoms with Crippen molar-refractivity contribution in [1.29, 1.82) is 0 Å². The molecule has 0 unspecified atom stereocenters. The molecule has 0 spiro atoms. The van der Waals surface area contributed by atoms with Gasteiger partial charge in [0.15, 0.2) is 30.4 Å². The molecule has 0 aliphatic carbocycles. The van der Waals surface area contributed by atoms with E-state index in [0.717, 1.165) is 18.5 Å². The van der Waals surface area contributed by atoms with E-state index in [1.807, 2.05) is 0 Å². The molecule has 1 aromatic rings. The van der Waals surface area contributed by atoms with E-state index in [-0.39, 0.29) is 5.56 Å². The Morgan fingerprint density at radius 3 is 2.07 bits per heavy atom. The molecule has 154 valence electrons. The molecular formula is C14H22N2O9S2. The van der Waals surface area contributed by atoms with Gasteiger partial charge in [-0.1, -0.05) is 0 Å². The zero-order chi connectivity index (χ0) is 20.9. The fraction of sp³-hybridized carbons (Fsp3) is 0.571. The number of hydroxylamine groups is 1. The normalized spacial score (nSPS) is 13.7. The maximum atomic E-state index is 12.4. The van der Waals surface area contributed by atoms with Crippen LogP contribution in [0.25, 0.3) is 0 Å². The molecule has 27 heavy (non-hydrogen) atoms. The predicted octanol–water partition coefficient (Wildman–Crippen LogP) is 0.428. The highest BCUT2D eigenvalue weighted by atomic mass is 32.2. The Hall–Kier alpha value is -1.64. The van der Waals surface area contributed by atoms with Gasteiger partial charge in [-0.25, -0.2) is 18.1 Å². The summed E-state index contributed by atoms with van der Waals surface area (Å²) in [5.41, 5.74) is -1.04. The van der Waals surface area contributed by atoms with Crippen LogP contribution in [0.3, 0.4) is 0 Å². The number of hydrogen-bond donors (Lipinski definition) is 0. The lowest BCUT2D eigenvalue weighted by molar-refractivity contribution is -0.530. The fourth-order valence-corrected chi connectivity index (χ4v) is 3.41. The van der Waals surface area contributed by atoms with Crippen LogP contribution >= 0.6 is 0 Å². The summed E-state index contributed by atoms with van der Waals surface area (Å²) < 4.78 is 67.7. The van der Waals surface area contributed by atoms with Gasteiger partial charge in [0.1, 0.15) is 4.90 Å². The van der Waals surface area contributed by atoms with Gasteiger partial charge in [-0.15, -0.1) is 0 Å². The number of rotatable bonds is 9. The van der Waals surface area contributed by atoms with E-state index in [2.05, 4.69) is 22.8 Å². The Labute approximate surface area is 158 Å². The number of pyridine rings is 1. The second kappa shape index (κ2) is 9.03. The maximum absolute atomic E-state index is 12.4. The number of nitrogens with zero attached hydrogens (tertiary/aromatic N) is 2. The molecular weight excluding hydrogens is 404 g/mol. The van der Waals surface area contributed by atoms with Crippen molar-refractivity contribution in [3.63, 3.8) is 0 Å². The van der Waals surface area contributed by atoms with Crippen molar-refractivity contribution in [2.45, 2.75) is 36.2 Å². The van der Waals surface area contributed by atoms with Crippen molar-refractivity contribution < 1.29 is 39.4 Å². The highest BCUT2D eigenvalue weighted by Crippen LogP contribution is 2.21. The van der Waals surface area contributed by atoms with Gasteiger partial charge >= 0.3 is 10.1 Å². The number of aromatic nitrogens is 1. The van der Waals surface area contributed by atoms with Crippen LogP contribution in [0.1, 0.15) is 26.3 Å². The zero-order valence-corrected chi connectivity index (χ0v) is 17.2. The van der Waals surface area contributed by atoms with Gasteiger partial charge in [0.05, 0.1) is 5.56 Å². The van der Waals surface area contributed by atoms with Crippen LogP contribution in [0, 0.1) is 5.21 Å². The molecule has 0 amide bonds. The molecule has 0 fully saturated rings. The van der Waals surface area contributed by atoms with Crippen LogP contribution < -0.4 is 0 Å². The van der Waals surface area contributed by atoms with Crippen molar-refractivity contribution in [3.05, 3.63) is 23.0 Å². The quantitative estimate of drug-likeness (QED) is 0.136. The Balaban J connectivity index is 3.58. The lowest BCUT2D eigenvalue weighted by atomic mass is 10.1. The summed E-state index contributed by atoms with van der Waals surface area (Å²) in [5.74, 6) is 0. The van der Waals surface area contributed by atoms with Crippen LogP contribution in [0.2, 0.25) is 0 Å². The van der Waals surface area contributed by atoms with Crippen LogP contribution in [-0.2, 0) is 38.1 Å². The van der Waals surface area contributed by atoms with Crippen LogP contribution in [-0.4, -0.2) is 66.1 Å².